The zero-order chi connectivity index (χ0) is 24.0. The Hall–Kier alpha value is -2.53. The van der Waals surface area contributed by atoms with Crippen molar-refractivity contribution in [2.45, 2.75) is 57.1 Å². The fourth-order valence-electron chi connectivity index (χ4n) is 7.83. The van der Waals surface area contributed by atoms with Crippen LogP contribution in [-0.4, -0.2) is 38.2 Å². The number of methoxy groups -OCH3 is 2. The second-order valence-corrected chi connectivity index (χ2v) is 11.6. The number of hydrogen-bond donors (Lipinski definition) is 0. The molecular formula is C30H37NO4. The Kier molecular flexibility index (Phi) is 6.00. The number of rotatable bonds is 8. The number of likely N-dealkylation sites (tertiary alicyclic amines) is 1. The molecule has 5 heteroatoms. The van der Waals surface area contributed by atoms with E-state index in [-0.39, 0.29) is 11.9 Å². The maximum absolute atomic E-state index is 11.6. The molecule has 1 saturated heterocycles. The number of ether oxygens (including phenoxy) is 3. The highest BCUT2D eigenvalue weighted by Gasteiger charge is 2.52. The highest BCUT2D eigenvalue weighted by molar-refractivity contribution is 5.73. The van der Waals surface area contributed by atoms with Crippen LogP contribution >= 0.6 is 0 Å². The lowest BCUT2D eigenvalue weighted by Crippen LogP contribution is -2.49. The first-order chi connectivity index (χ1) is 17.0. The minimum absolute atomic E-state index is 0.0235. The highest BCUT2D eigenvalue weighted by atomic mass is 16.5. The molecule has 0 radical (unpaired) electrons. The number of hydrogen-bond acceptors (Lipinski definition) is 5. The minimum Gasteiger partial charge on any atom is -0.496 e. The van der Waals surface area contributed by atoms with Crippen LogP contribution in [0.5, 0.6) is 11.5 Å². The summed E-state index contributed by atoms with van der Waals surface area (Å²) < 4.78 is 16.9. The van der Waals surface area contributed by atoms with Crippen LogP contribution in [0.3, 0.4) is 0 Å². The maximum atomic E-state index is 11.6. The SMILES string of the molecule is COC(=O)C1CN(Cc2ccc(OCc3ccc(OC)c(C45CC6CC(CC(C6)C4)C5)c3)cc2)C1. The zero-order valence-corrected chi connectivity index (χ0v) is 21.0. The lowest BCUT2D eigenvalue weighted by atomic mass is 9.48. The van der Waals surface area contributed by atoms with Gasteiger partial charge in [-0.25, -0.2) is 0 Å². The number of carbonyl (C=O) groups is 1. The number of nitrogens with zero attached hydrogens (tertiary/aromatic N) is 1. The van der Waals surface area contributed by atoms with Gasteiger partial charge in [0.2, 0.25) is 0 Å². The van der Waals surface area contributed by atoms with Crippen LogP contribution in [0.2, 0.25) is 0 Å². The van der Waals surface area contributed by atoms with E-state index in [1.807, 2.05) is 7.11 Å². The monoisotopic (exact) mass is 475 g/mol. The van der Waals surface area contributed by atoms with Gasteiger partial charge in [0, 0.05) is 25.2 Å². The summed E-state index contributed by atoms with van der Waals surface area (Å²) in [6.45, 7) is 2.96. The topological polar surface area (TPSA) is 48.0 Å². The summed E-state index contributed by atoms with van der Waals surface area (Å²) in [6, 6.07) is 15.0. The van der Waals surface area contributed by atoms with Crippen molar-refractivity contribution in [3.63, 3.8) is 0 Å². The Balaban J connectivity index is 1.09. The van der Waals surface area contributed by atoms with Crippen LogP contribution in [-0.2, 0) is 28.1 Å². The normalized spacial score (nSPS) is 29.6. The van der Waals surface area contributed by atoms with Crippen molar-refractivity contribution in [3.05, 3.63) is 59.2 Å². The van der Waals surface area contributed by atoms with E-state index in [9.17, 15) is 4.79 Å². The molecule has 7 rings (SSSR count). The Morgan fingerprint density at radius 2 is 1.54 bits per heavy atom. The molecule has 0 aromatic heterocycles. The van der Waals surface area contributed by atoms with Gasteiger partial charge in [0.05, 0.1) is 20.1 Å². The average Bonchev–Trinajstić information content (AvgIpc) is 2.84. The van der Waals surface area contributed by atoms with Gasteiger partial charge in [-0.15, -0.1) is 0 Å². The van der Waals surface area contributed by atoms with Crippen LogP contribution in [0.25, 0.3) is 0 Å². The Morgan fingerprint density at radius 1 is 0.914 bits per heavy atom. The van der Waals surface area contributed by atoms with Gasteiger partial charge in [0.15, 0.2) is 0 Å². The first kappa shape index (κ1) is 22.9. The Labute approximate surface area is 208 Å². The van der Waals surface area contributed by atoms with E-state index < -0.39 is 0 Å². The molecule has 5 nitrogen and oxygen atoms in total. The van der Waals surface area contributed by atoms with Gasteiger partial charge in [-0.3, -0.25) is 9.69 Å². The summed E-state index contributed by atoms with van der Waals surface area (Å²) in [5, 5.41) is 0. The average molecular weight is 476 g/mol. The maximum Gasteiger partial charge on any atom is 0.311 e. The molecule has 0 unspecified atom stereocenters. The standard InChI is InChI=1S/C30H37NO4/c1-33-28-8-5-21(12-27(28)30-13-22-9-23(14-30)11-24(10-22)15-30)19-35-26-6-3-20(4-7-26)16-31-17-25(18-31)29(32)34-2/h3-8,12,22-25H,9-11,13-19H2,1-2H3. The van der Waals surface area contributed by atoms with E-state index in [2.05, 4.69) is 47.4 Å². The molecule has 0 N–H and O–H groups in total. The number of benzene rings is 2. The smallest absolute Gasteiger partial charge is 0.311 e. The van der Waals surface area contributed by atoms with Crippen molar-refractivity contribution in [1.82, 2.24) is 4.90 Å². The van der Waals surface area contributed by atoms with Gasteiger partial charge < -0.3 is 14.2 Å². The fourth-order valence-corrected chi connectivity index (χ4v) is 7.83. The third kappa shape index (κ3) is 4.44. The van der Waals surface area contributed by atoms with E-state index in [1.165, 1.54) is 62.3 Å². The second-order valence-electron chi connectivity index (χ2n) is 11.6. The molecule has 4 saturated carbocycles. The lowest BCUT2D eigenvalue weighted by Gasteiger charge is -2.57. The van der Waals surface area contributed by atoms with Crippen molar-refractivity contribution in [1.29, 1.82) is 0 Å². The first-order valence-electron chi connectivity index (χ1n) is 13.2. The molecular weight excluding hydrogens is 438 g/mol. The minimum atomic E-state index is -0.102. The van der Waals surface area contributed by atoms with Gasteiger partial charge in [-0.05, 0) is 97.1 Å². The molecule has 0 spiro atoms. The van der Waals surface area contributed by atoms with Gasteiger partial charge in [0.25, 0.3) is 0 Å². The molecule has 1 aliphatic heterocycles. The van der Waals surface area contributed by atoms with Gasteiger partial charge in [0.1, 0.15) is 18.1 Å². The van der Waals surface area contributed by atoms with Crippen LogP contribution in [0.15, 0.2) is 42.5 Å². The molecule has 186 valence electrons. The summed E-state index contributed by atoms with van der Waals surface area (Å²) in [7, 11) is 3.27. The molecule has 4 aliphatic carbocycles. The second kappa shape index (κ2) is 9.16. The molecule has 4 bridgehead atoms. The van der Waals surface area contributed by atoms with E-state index in [0.29, 0.717) is 12.0 Å². The first-order valence-corrected chi connectivity index (χ1v) is 13.2. The van der Waals surface area contributed by atoms with Gasteiger partial charge >= 0.3 is 5.97 Å². The van der Waals surface area contributed by atoms with E-state index in [1.54, 1.807) is 0 Å². The van der Waals surface area contributed by atoms with Crippen LogP contribution < -0.4 is 9.47 Å². The molecule has 35 heavy (non-hydrogen) atoms. The zero-order valence-electron chi connectivity index (χ0n) is 21.0. The van der Waals surface area contributed by atoms with Crippen LogP contribution in [0, 0.1) is 23.7 Å². The fraction of sp³-hybridized carbons (Fsp3) is 0.567. The third-order valence-electron chi connectivity index (χ3n) is 9.10. The van der Waals surface area contributed by atoms with Crippen molar-refractivity contribution in [2.24, 2.45) is 23.7 Å². The Morgan fingerprint density at radius 3 is 2.14 bits per heavy atom. The van der Waals surface area contributed by atoms with E-state index in [0.717, 1.165) is 48.9 Å². The lowest BCUT2D eigenvalue weighted by molar-refractivity contribution is -0.151. The Bertz CT molecular complexity index is 1040. The number of esters is 1. The predicted octanol–water partition coefficient (Wildman–Crippen LogP) is 5.35. The summed E-state index contributed by atoms with van der Waals surface area (Å²) in [5.74, 6) is 4.59. The third-order valence-corrected chi connectivity index (χ3v) is 9.10. The largest absolute Gasteiger partial charge is 0.496 e. The van der Waals surface area contributed by atoms with Crippen molar-refractivity contribution >= 4 is 5.97 Å². The molecule has 0 amide bonds. The summed E-state index contributed by atoms with van der Waals surface area (Å²) in [6.07, 6.45) is 8.34. The van der Waals surface area contributed by atoms with Crippen molar-refractivity contribution in [2.75, 3.05) is 27.3 Å². The predicted molar refractivity (Wildman–Crippen MR) is 134 cm³/mol. The summed E-state index contributed by atoms with van der Waals surface area (Å²) in [4.78, 5) is 13.8. The molecule has 5 fully saturated rings. The summed E-state index contributed by atoms with van der Waals surface area (Å²) in [5.41, 5.74) is 4.18. The van der Waals surface area contributed by atoms with E-state index >= 15 is 0 Å². The van der Waals surface area contributed by atoms with E-state index in [4.69, 9.17) is 14.2 Å². The van der Waals surface area contributed by atoms with Crippen molar-refractivity contribution < 1.29 is 19.0 Å². The molecule has 5 aliphatic rings. The quantitative estimate of drug-likeness (QED) is 0.482. The van der Waals surface area contributed by atoms with Crippen molar-refractivity contribution in [3.8, 4) is 11.5 Å². The van der Waals surface area contributed by atoms with Gasteiger partial charge in [-0.2, -0.15) is 0 Å². The van der Waals surface area contributed by atoms with Crippen LogP contribution in [0.1, 0.15) is 55.2 Å². The highest BCUT2D eigenvalue weighted by Crippen LogP contribution is 2.61. The molecule has 2 aromatic carbocycles. The summed E-state index contributed by atoms with van der Waals surface area (Å²) >= 11 is 0. The molecule has 0 atom stereocenters. The molecule has 1 heterocycles. The number of carbonyl (C=O) groups excluding carboxylic acids is 1. The van der Waals surface area contributed by atoms with Gasteiger partial charge in [-0.1, -0.05) is 18.2 Å². The van der Waals surface area contributed by atoms with Crippen LogP contribution in [0.4, 0.5) is 0 Å². The molecule has 2 aromatic rings.